The van der Waals surface area contributed by atoms with E-state index in [-0.39, 0.29) is 23.3 Å². The summed E-state index contributed by atoms with van der Waals surface area (Å²) in [4.78, 5) is 34.6. The number of nitrogens with one attached hydrogen (secondary N) is 1. The van der Waals surface area contributed by atoms with E-state index in [1.807, 2.05) is 31.2 Å². The first-order valence-electron chi connectivity index (χ1n) is 10.5. The number of carbonyl (C=O) groups is 1. The maximum atomic E-state index is 13.2. The molecule has 0 aliphatic heterocycles. The van der Waals surface area contributed by atoms with Crippen LogP contribution in [-0.2, 0) is 11.2 Å². The van der Waals surface area contributed by atoms with Crippen LogP contribution in [0.25, 0.3) is 16.6 Å². The molecule has 0 radical (unpaired) electrons. The van der Waals surface area contributed by atoms with Crippen molar-refractivity contribution >= 4 is 28.6 Å². The normalized spacial score (nSPS) is 11.9. The second-order valence-electron chi connectivity index (χ2n) is 7.44. The van der Waals surface area contributed by atoms with E-state index in [0.29, 0.717) is 21.7 Å². The third kappa shape index (κ3) is 4.73. The van der Waals surface area contributed by atoms with Crippen LogP contribution < -0.4 is 10.9 Å². The number of hydrogen-bond acceptors (Lipinski definition) is 5. The maximum absolute atomic E-state index is 13.2. The Hall–Kier alpha value is -3.45. The summed E-state index contributed by atoms with van der Waals surface area (Å²) in [6, 6.07) is 18.9. The summed E-state index contributed by atoms with van der Waals surface area (Å²) in [5, 5.41) is 4.01. The lowest BCUT2D eigenvalue weighted by Crippen LogP contribution is -2.29. The van der Waals surface area contributed by atoms with Gasteiger partial charge in [0, 0.05) is 6.20 Å². The molecule has 0 saturated heterocycles. The third-order valence-corrected chi connectivity index (χ3v) is 6.19. The number of para-hydroxylation sites is 1. The van der Waals surface area contributed by atoms with Crippen molar-refractivity contribution in [2.45, 2.75) is 31.5 Å². The fraction of sp³-hybridized carbons (Fsp3) is 0.200. The molecule has 0 aliphatic carbocycles. The number of rotatable bonds is 7. The summed E-state index contributed by atoms with van der Waals surface area (Å²) in [6.07, 6.45) is 4.25. The van der Waals surface area contributed by atoms with Gasteiger partial charge in [0.25, 0.3) is 5.56 Å². The molecule has 0 fully saturated rings. The van der Waals surface area contributed by atoms with Gasteiger partial charge in [-0.2, -0.15) is 0 Å². The van der Waals surface area contributed by atoms with Crippen LogP contribution in [-0.4, -0.2) is 26.2 Å². The summed E-state index contributed by atoms with van der Waals surface area (Å²) in [7, 11) is 0. The quantitative estimate of drug-likeness (QED) is 0.339. The standard InChI is InChI=1S/C25H24N4O2S/c1-3-18-10-12-19(13-11-18)17(2)27-23(30)16-32-25-28-22-9-5-4-8-21(22)24(31)29(25)20-7-6-14-26-15-20/h4-15,17H,3,16H2,1-2H3,(H,27,30). The highest BCUT2D eigenvalue weighted by atomic mass is 32.2. The fourth-order valence-corrected chi connectivity index (χ4v) is 4.29. The van der Waals surface area contributed by atoms with Gasteiger partial charge in [0.2, 0.25) is 5.91 Å². The highest BCUT2D eigenvalue weighted by Gasteiger charge is 2.16. The number of fused-ring (bicyclic) bond motifs is 1. The highest BCUT2D eigenvalue weighted by Crippen LogP contribution is 2.21. The topological polar surface area (TPSA) is 76.9 Å². The number of amides is 1. The first kappa shape index (κ1) is 21.8. The van der Waals surface area contributed by atoms with Gasteiger partial charge in [0.05, 0.1) is 34.6 Å². The van der Waals surface area contributed by atoms with Crippen molar-refractivity contribution < 1.29 is 4.79 Å². The van der Waals surface area contributed by atoms with E-state index in [2.05, 4.69) is 34.3 Å². The summed E-state index contributed by atoms with van der Waals surface area (Å²) in [5.41, 5.74) is 3.35. The molecule has 0 spiro atoms. The molecule has 1 amide bonds. The van der Waals surface area contributed by atoms with Crippen LogP contribution in [0.15, 0.2) is 83.0 Å². The molecule has 0 bridgehead atoms. The zero-order chi connectivity index (χ0) is 22.5. The number of thioether (sulfide) groups is 1. The Morgan fingerprint density at radius 1 is 1.09 bits per heavy atom. The Balaban J connectivity index is 1.55. The average molecular weight is 445 g/mol. The first-order valence-corrected chi connectivity index (χ1v) is 11.5. The molecule has 2 heterocycles. The molecule has 4 rings (SSSR count). The van der Waals surface area contributed by atoms with Gasteiger partial charge in [-0.3, -0.25) is 19.1 Å². The summed E-state index contributed by atoms with van der Waals surface area (Å²) < 4.78 is 1.51. The molecule has 1 N–H and O–H groups in total. The Morgan fingerprint density at radius 2 is 1.88 bits per heavy atom. The first-order chi connectivity index (χ1) is 15.6. The lowest BCUT2D eigenvalue weighted by atomic mass is 10.1. The van der Waals surface area contributed by atoms with Gasteiger partial charge in [0.15, 0.2) is 5.16 Å². The number of carbonyl (C=O) groups excluding carboxylic acids is 1. The van der Waals surface area contributed by atoms with Crippen LogP contribution in [0.1, 0.15) is 31.0 Å². The number of benzene rings is 2. The van der Waals surface area contributed by atoms with Crippen LogP contribution in [0.5, 0.6) is 0 Å². The predicted molar refractivity (Wildman–Crippen MR) is 128 cm³/mol. The van der Waals surface area contributed by atoms with Crippen molar-refractivity contribution in [1.29, 1.82) is 0 Å². The minimum absolute atomic E-state index is 0.112. The molecule has 0 saturated carbocycles. The molecule has 2 aromatic carbocycles. The van der Waals surface area contributed by atoms with Crippen molar-refractivity contribution in [3.05, 3.63) is 94.5 Å². The number of pyridine rings is 1. The van der Waals surface area contributed by atoms with E-state index in [4.69, 9.17) is 0 Å². The SMILES string of the molecule is CCc1ccc(C(C)NC(=O)CSc2nc3ccccc3c(=O)n2-c2cccnc2)cc1. The van der Waals surface area contributed by atoms with Gasteiger partial charge in [-0.25, -0.2) is 4.98 Å². The molecule has 162 valence electrons. The second kappa shape index (κ2) is 9.78. The van der Waals surface area contributed by atoms with E-state index in [9.17, 15) is 9.59 Å². The van der Waals surface area contributed by atoms with Gasteiger partial charge in [-0.15, -0.1) is 0 Å². The molecule has 0 aliphatic rings. The Labute approximate surface area is 190 Å². The van der Waals surface area contributed by atoms with Crippen molar-refractivity contribution in [3.8, 4) is 5.69 Å². The Kier molecular flexibility index (Phi) is 6.66. The van der Waals surface area contributed by atoms with Gasteiger partial charge in [-0.1, -0.05) is 55.1 Å². The van der Waals surface area contributed by atoms with Crippen LogP contribution in [0, 0.1) is 0 Å². The molecule has 1 unspecified atom stereocenters. The number of nitrogens with zero attached hydrogens (tertiary/aromatic N) is 3. The number of hydrogen-bond donors (Lipinski definition) is 1. The van der Waals surface area contributed by atoms with Crippen LogP contribution >= 0.6 is 11.8 Å². The second-order valence-corrected chi connectivity index (χ2v) is 8.38. The smallest absolute Gasteiger partial charge is 0.266 e. The lowest BCUT2D eigenvalue weighted by Gasteiger charge is -2.16. The number of aromatic nitrogens is 3. The van der Waals surface area contributed by atoms with Gasteiger partial charge < -0.3 is 5.32 Å². The van der Waals surface area contributed by atoms with E-state index in [1.165, 1.54) is 21.9 Å². The third-order valence-electron chi connectivity index (χ3n) is 5.25. The fourth-order valence-electron chi connectivity index (χ4n) is 3.46. The molecular formula is C25H24N4O2S. The summed E-state index contributed by atoms with van der Waals surface area (Å²) >= 11 is 1.23. The molecule has 2 aromatic heterocycles. The van der Waals surface area contributed by atoms with Crippen LogP contribution in [0.2, 0.25) is 0 Å². The van der Waals surface area contributed by atoms with Crippen molar-refractivity contribution in [2.75, 3.05) is 5.75 Å². The average Bonchev–Trinajstić information content (AvgIpc) is 2.83. The zero-order valence-electron chi connectivity index (χ0n) is 18.0. The number of aryl methyl sites for hydroxylation is 1. The van der Waals surface area contributed by atoms with Gasteiger partial charge in [0.1, 0.15) is 0 Å². The Bertz CT molecular complexity index is 1290. The van der Waals surface area contributed by atoms with Crippen molar-refractivity contribution in [1.82, 2.24) is 19.9 Å². The largest absolute Gasteiger partial charge is 0.349 e. The van der Waals surface area contributed by atoms with E-state index >= 15 is 0 Å². The molecule has 6 nitrogen and oxygen atoms in total. The maximum Gasteiger partial charge on any atom is 0.266 e. The lowest BCUT2D eigenvalue weighted by molar-refractivity contribution is -0.119. The van der Waals surface area contributed by atoms with Crippen LogP contribution in [0.4, 0.5) is 0 Å². The predicted octanol–water partition coefficient (Wildman–Crippen LogP) is 4.31. The highest BCUT2D eigenvalue weighted by molar-refractivity contribution is 7.99. The molecule has 32 heavy (non-hydrogen) atoms. The van der Waals surface area contributed by atoms with E-state index in [1.54, 1.807) is 36.7 Å². The summed E-state index contributed by atoms with van der Waals surface area (Å²) in [6.45, 7) is 4.08. The van der Waals surface area contributed by atoms with E-state index < -0.39 is 0 Å². The molecule has 7 heteroatoms. The molecular weight excluding hydrogens is 420 g/mol. The molecule has 4 aromatic rings. The van der Waals surface area contributed by atoms with Crippen molar-refractivity contribution in [3.63, 3.8) is 0 Å². The summed E-state index contributed by atoms with van der Waals surface area (Å²) in [5.74, 6) is 0.0183. The van der Waals surface area contributed by atoms with Crippen LogP contribution in [0.3, 0.4) is 0 Å². The monoisotopic (exact) mass is 444 g/mol. The zero-order valence-corrected chi connectivity index (χ0v) is 18.8. The van der Waals surface area contributed by atoms with Gasteiger partial charge >= 0.3 is 0 Å². The molecule has 1 atom stereocenters. The minimum atomic E-state index is -0.184. The minimum Gasteiger partial charge on any atom is -0.349 e. The Morgan fingerprint density at radius 3 is 2.59 bits per heavy atom. The van der Waals surface area contributed by atoms with Gasteiger partial charge in [-0.05, 0) is 48.7 Å². The van der Waals surface area contributed by atoms with Crippen molar-refractivity contribution in [2.24, 2.45) is 0 Å². The van der Waals surface area contributed by atoms with E-state index in [0.717, 1.165) is 12.0 Å².